The van der Waals surface area contributed by atoms with Crippen LogP contribution < -0.4 is 9.86 Å². The lowest BCUT2D eigenvalue weighted by Crippen LogP contribution is -2.48. The van der Waals surface area contributed by atoms with Crippen LogP contribution in [0.3, 0.4) is 0 Å². The molecule has 0 amide bonds. The van der Waals surface area contributed by atoms with Crippen LogP contribution in [0.1, 0.15) is 51.4 Å². The van der Waals surface area contributed by atoms with E-state index in [1.54, 1.807) is 0 Å². The van der Waals surface area contributed by atoms with Crippen LogP contribution in [-0.2, 0) is 10.2 Å². The first-order chi connectivity index (χ1) is 11.0. The fraction of sp³-hybridized carbons (Fsp3) is 1.00. The third-order valence-electron chi connectivity index (χ3n) is 7.12. The van der Waals surface area contributed by atoms with E-state index in [1.807, 2.05) is 0 Å². The molecule has 132 valence electrons. The van der Waals surface area contributed by atoms with E-state index < -0.39 is 10.2 Å². The average molecular weight is 342 g/mol. The Balaban J connectivity index is 1.23. The Labute approximate surface area is 140 Å². The average Bonchev–Trinajstić information content (AvgIpc) is 2.46. The van der Waals surface area contributed by atoms with E-state index in [4.69, 9.17) is 5.14 Å². The normalized spacial score (nSPS) is 41.5. The predicted octanol–water partition coefficient (Wildman–Crippen LogP) is 1.71. The molecule has 3 N–H and O–H groups in total. The van der Waals surface area contributed by atoms with Crippen LogP contribution in [0.25, 0.3) is 0 Å². The van der Waals surface area contributed by atoms with Gasteiger partial charge in [0.1, 0.15) is 0 Å². The molecule has 4 bridgehead atoms. The highest BCUT2D eigenvalue weighted by molar-refractivity contribution is 7.87. The highest BCUT2D eigenvalue weighted by Gasteiger charge is 2.47. The molecule has 6 heteroatoms. The summed E-state index contributed by atoms with van der Waals surface area (Å²) in [5, 5.41) is 5.07. The van der Waals surface area contributed by atoms with Crippen molar-refractivity contribution in [1.82, 2.24) is 9.62 Å². The van der Waals surface area contributed by atoms with Crippen molar-refractivity contribution < 1.29 is 8.42 Å². The van der Waals surface area contributed by atoms with Crippen molar-refractivity contribution in [2.24, 2.45) is 34.7 Å². The quantitative estimate of drug-likeness (QED) is 0.799. The topological polar surface area (TPSA) is 75.4 Å². The summed E-state index contributed by atoms with van der Waals surface area (Å²) >= 11 is 0. The number of nitrogens with two attached hydrogens (primary N) is 1. The standard InChI is InChI=1S/C17H31N3O2S/c18-23(21,22)19-16-1-4-20(5-2-16)6-3-17-14-8-12-7-13(10-14)11-15(17)9-12/h12-17,19H,1-11H2,(H2,18,21,22). The summed E-state index contributed by atoms with van der Waals surface area (Å²) < 4.78 is 24.8. The highest BCUT2D eigenvalue weighted by atomic mass is 32.2. The van der Waals surface area contributed by atoms with Gasteiger partial charge in [-0.3, -0.25) is 0 Å². The Morgan fingerprint density at radius 2 is 1.52 bits per heavy atom. The lowest BCUT2D eigenvalue weighted by molar-refractivity contribution is -0.0431. The van der Waals surface area contributed by atoms with Crippen LogP contribution >= 0.6 is 0 Å². The second-order valence-corrected chi connectivity index (χ2v) is 9.99. The van der Waals surface area contributed by atoms with Crippen LogP contribution in [0, 0.1) is 29.6 Å². The second kappa shape index (κ2) is 6.28. The van der Waals surface area contributed by atoms with Gasteiger partial charge < -0.3 is 4.90 Å². The molecule has 5 nitrogen and oxygen atoms in total. The highest BCUT2D eigenvalue weighted by Crippen LogP contribution is 2.57. The maximum Gasteiger partial charge on any atom is 0.274 e. The Bertz CT molecular complexity index is 500. The van der Waals surface area contributed by atoms with E-state index in [0.717, 1.165) is 55.5 Å². The van der Waals surface area contributed by atoms with Gasteiger partial charge >= 0.3 is 0 Å². The molecule has 0 aromatic rings. The van der Waals surface area contributed by atoms with Crippen molar-refractivity contribution >= 4 is 10.2 Å². The lowest BCUT2D eigenvalue weighted by Gasteiger charge is -2.55. The molecule has 1 saturated heterocycles. The molecule has 1 aliphatic heterocycles. The summed E-state index contributed by atoms with van der Waals surface area (Å²) in [5.41, 5.74) is 0. The zero-order valence-corrected chi connectivity index (χ0v) is 14.8. The number of likely N-dealkylation sites (tertiary alicyclic amines) is 1. The zero-order valence-electron chi connectivity index (χ0n) is 14.0. The van der Waals surface area contributed by atoms with Crippen LogP contribution in [0.15, 0.2) is 0 Å². The summed E-state index contributed by atoms with van der Waals surface area (Å²) in [6.07, 6.45) is 10.7. The molecule has 0 spiro atoms. The van der Waals surface area contributed by atoms with E-state index in [9.17, 15) is 8.42 Å². The monoisotopic (exact) mass is 341 g/mol. The molecule has 4 aliphatic carbocycles. The van der Waals surface area contributed by atoms with Gasteiger partial charge in [-0.15, -0.1) is 0 Å². The molecular weight excluding hydrogens is 310 g/mol. The molecule has 0 radical (unpaired) electrons. The van der Waals surface area contributed by atoms with Crippen molar-refractivity contribution in [2.75, 3.05) is 19.6 Å². The van der Waals surface area contributed by atoms with E-state index in [0.29, 0.717) is 0 Å². The molecule has 0 aromatic heterocycles. The first-order valence-electron chi connectivity index (χ1n) is 9.48. The predicted molar refractivity (Wildman–Crippen MR) is 90.9 cm³/mol. The van der Waals surface area contributed by atoms with Crippen LogP contribution in [-0.4, -0.2) is 39.0 Å². The Kier molecular flexibility index (Phi) is 4.45. The van der Waals surface area contributed by atoms with Crippen molar-refractivity contribution in [1.29, 1.82) is 0 Å². The Hall–Kier alpha value is -0.170. The van der Waals surface area contributed by atoms with Gasteiger partial charge in [-0.05, 0) is 101 Å². The van der Waals surface area contributed by atoms with E-state index in [-0.39, 0.29) is 6.04 Å². The van der Waals surface area contributed by atoms with Crippen molar-refractivity contribution in [3.63, 3.8) is 0 Å². The molecule has 4 saturated carbocycles. The maximum atomic E-state index is 11.1. The van der Waals surface area contributed by atoms with Gasteiger partial charge in [-0.2, -0.15) is 13.1 Å². The van der Waals surface area contributed by atoms with Crippen molar-refractivity contribution in [2.45, 2.75) is 57.4 Å². The van der Waals surface area contributed by atoms with Crippen LogP contribution in [0.4, 0.5) is 0 Å². The number of piperidine rings is 1. The summed E-state index contributed by atoms with van der Waals surface area (Å²) in [7, 11) is -3.55. The van der Waals surface area contributed by atoms with Gasteiger partial charge in [0, 0.05) is 6.04 Å². The fourth-order valence-corrected chi connectivity index (χ4v) is 7.05. The number of hydrogen-bond donors (Lipinski definition) is 2. The summed E-state index contributed by atoms with van der Waals surface area (Å²) in [6, 6.07) is 0.0300. The number of nitrogens with zero attached hydrogens (tertiary/aromatic N) is 1. The van der Waals surface area contributed by atoms with Crippen molar-refractivity contribution in [3.05, 3.63) is 0 Å². The second-order valence-electron chi connectivity index (χ2n) is 8.66. The fourth-order valence-electron chi connectivity index (χ4n) is 6.35. The zero-order chi connectivity index (χ0) is 16.0. The minimum Gasteiger partial charge on any atom is -0.303 e. The summed E-state index contributed by atoms with van der Waals surface area (Å²) in [6.45, 7) is 3.20. The van der Waals surface area contributed by atoms with Gasteiger partial charge in [-0.25, -0.2) is 5.14 Å². The molecule has 0 aromatic carbocycles. The van der Waals surface area contributed by atoms with Crippen LogP contribution in [0.2, 0.25) is 0 Å². The first kappa shape index (κ1) is 16.3. The SMILES string of the molecule is NS(=O)(=O)NC1CCN(CCC2C3CC4CC(C3)CC2C4)CC1. The van der Waals surface area contributed by atoms with E-state index in [2.05, 4.69) is 9.62 Å². The van der Waals surface area contributed by atoms with Gasteiger partial charge in [0.15, 0.2) is 0 Å². The molecular formula is C17H31N3O2S. The summed E-state index contributed by atoms with van der Waals surface area (Å²) in [4.78, 5) is 2.53. The molecule has 5 fully saturated rings. The maximum absolute atomic E-state index is 11.1. The molecule has 0 atom stereocenters. The lowest BCUT2D eigenvalue weighted by atomic mass is 9.51. The minimum atomic E-state index is -3.55. The third-order valence-corrected chi connectivity index (χ3v) is 7.78. The molecule has 5 aliphatic rings. The van der Waals surface area contributed by atoms with Gasteiger partial charge in [0.25, 0.3) is 10.2 Å². The van der Waals surface area contributed by atoms with E-state index in [1.165, 1.54) is 45.1 Å². The molecule has 0 unspecified atom stereocenters. The molecule has 5 rings (SSSR count). The minimum absolute atomic E-state index is 0.0300. The molecule has 23 heavy (non-hydrogen) atoms. The van der Waals surface area contributed by atoms with Crippen molar-refractivity contribution in [3.8, 4) is 0 Å². The van der Waals surface area contributed by atoms with Gasteiger partial charge in [0.2, 0.25) is 0 Å². The number of hydrogen-bond acceptors (Lipinski definition) is 3. The molecule has 1 heterocycles. The van der Waals surface area contributed by atoms with E-state index >= 15 is 0 Å². The smallest absolute Gasteiger partial charge is 0.274 e. The van der Waals surface area contributed by atoms with Crippen LogP contribution in [0.5, 0.6) is 0 Å². The number of nitrogens with one attached hydrogen (secondary N) is 1. The first-order valence-corrected chi connectivity index (χ1v) is 11.0. The van der Waals surface area contributed by atoms with Gasteiger partial charge in [0.05, 0.1) is 0 Å². The third kappa shape index (κ3) is 3.75. The summed E-state index contributed by atoms with van der Waals surface area (Å²) in [5.74, 6) is 5.14. The van der Waals surface area contributed by atoms with Gasteiger partial charge in [-0.1, -0.05) is 0 Å². The largest absolute Gasteiger partial charge is 0.303 e. The number of rotatable bonds is 5. The Morgan fingerprint density at radius 1 is 0.957 bits per heavy atom. The Morgan fingerprint density at radius 3 is 2.04 bits per heavy atom.